The van der Waals surface area contributed by atoms with Crippen LogP contribution < -0.4 is 5.73 Å². The standard InChI is InChI=1S/C12H22N2S/c1-3-5-12(13)11-6-7-14(10-11)8-9-15-4-2/h6-7,10,12H,3-5,8-9,13H2,1-2H3. The van der Waals surface area contributed by atoms with Gasteiger partial charge >= 0.3 is 0 Å². The lowest BCUT2D eigenvalue weighted by atomic mass is 10.1. The van der Waals surface area contributed by atoms with Crippen molar-refractivity contribution in [3.63, 3.8) is 0 Å². The van der Waals surface area contributed by atoms with Crippen LogP contribution in [0.15, 0.2) is 18.5 Å². The number of aryl methyl sites for hydroxylation is 1. The summed E-state index contributed by atoms with van der Waals surface area (Å²) in [6.45, 7) is 5.47. The first-order valence-corrected chi connectivity index (χ1v) is 6.92. The Morgan fingerprint density at radius 1 is 1.47 bits per heavy atom. The van der Waals surface area contributed by atoms with Crippen molar-refractivity contribution in [3.05, 3.63) is 24.0 Å². The van der Waals surface area contributed by atoms with Crippen molar-refractivity contribution in [2.75, 3.05) is 11.5 Å². The zero-order chi connectivity index (χ0) is 11.1. The minimum absolute atomic E-state index is 0.218. The first kappa shape index (κ1) is 12.7. The zero-order valence-corrected chi connectivity index (χ0v) is 10.6. The number of nitrogens with zero attached hydrogens (tertiary/aromatic N) is 1. The Kier molecular flexibility index (Phi) is 5.88. The molecule has 1 heterocycles. The van der Waals surface area contributed by atoms with Crippen LogP contribution in [0.1, 0.15) is 38.3 Å². The molecular formula is C12H22N2S. The van der Waals surface area contributed by atoms with Gasteiger partial charge in [-0.25, -0.2) is 0 Å². The summed E-state index contributed by atoms with van der Waals surface area (Å²) in [7, 11) is 0. The number of rotatable bonds is 7. The Bertz CT molecular complexity index is 270. The number of hydrogen-bond donors (Lipinski definition) is 1. The number of thioether (sulfide) groups is 1. The van der Waals surface area contributed by atoms with E-state index in [1.165, 1.54) is 17.1 Å². The highest BCUT2D eigenvalue weighted by molar-refractivity contribution is 7.99. The summed E-state index contributed by atoms with van der Waals surface area (Å²) in [6.07, 6.45) is 6.56. The molecule has 0 bridgehead atoms. The van der Waals surface area contributed by atoms with Crippen LogP contribution >= 0.6 is 11.8 Å². The van der Waals surface area contributed by atoms with Gasteiger partial charge in [0.05, 0.1) is 0 Å². The largest absolute Gasteiger partial charge is 0.353 e. The molecule has 0 spiro atoms. The van der Waals surface area contributed by atoms with Gasteiger partial charge < -0.3 is 10.3 Å². The van der Waals surface area contributed by atoms with Gasteiger partial charge in [0.25, 0.3) is 0 Å². The smallest absolute Gasteiger partial charge is 0.0310 e. The van der Waals surface area contributed by atoms with Gasteiger partial charge in [-0.1, -0.05) is 20.3 Å². The van der Waals surface area contributed by atoms with E-state index in [1.54, 1.807) is 0 Å². The Hall–Kier alpha value is -0.410. The molecule has 0 aliphatic heterocycles. The van der Waals surface area contributed by atoms with E-state index in [0.29, 0.717) is 0 Å². The van der Waals surface area contributed by atoms with E-state index >= 15 is 0 Å². The molecule has 1 rings (SSSR count). The van der Waals surface area contributed by atoms with E-state index in [2.05, 4.69) is 36.9 Å². The van der Waals surface area contributed by atoms with Gasteiger partial charge in [-0.3, -0.25) is 0 Å². The lowest BCUT2D eigenvalue weighted by molar-refractivity contribution is 0.635. The topological polar surface area (TPSA) is 30.9 Å². The van der Waals surface area contributed by atoms with Crippen LogP contribution in [0, 0.1) is 0 Å². The van der Waals surface area contributed by atoms with Crippen LogP contribution in [0.5, 0.6) is 0 Å². The molecule has 1 atom stereocenters. The number of aromatic nitrogens is 1. The third-order valence-corrected chi connectivity index (χ3v) is 3.38. The minimum Gasteiger partial charge on any atom is -0.353 e. The second kappa shape index (κ2) is 6.96. The summed E-state index contributed by atoms with van der Waals surface area (Å²) in [5.41, 5.74) is 7.33. The average molecular weight is 226 g/mol. The maximum absolute atomic E-state index is 6.06. The molecule has 0 aliphatic rings. The predicted octanol–water partition coefficient (Wildman–Crippen LogP) is 3.04. The fourth-order valence-corrected chi connectivity index (χ4v) is 2.24. The van der Waals surface area contributed by atoms with Crippen molar-refractivity contribution in [2.24, 2.45) is 5.73 Å². The van der Waals surface area contributed by atoms with Crippen molar-refractivity contribution in [2.45, 2.75) is 39.3 Å². The van der Waals surface area contributed by atoms with Gasteiger partial charge in [-0.05, 0) is 23.8 Å². The Morgan fingerprint density at radius 3 is 2.93 bits per heavy atom. The molecule has 86 valence electrons. The highest BCUT2D eigenvalue weighted by atomic mass is 32.2. The molecule has 1 aromatic rings. The van der Waals surface area contributed by atoms with Gasteiger partial charge in [-0.15, -0.1) is 0 Å². The second-order valence-electron chi connectivity index (χ2n) is 3.77. The van der Waals surface area contributed by atoms with Gasteiger partial charge in [0.15, 0.2) is 0 Å². The molecule has 0 aromatic carbocycles. The first-order valence-electron chi connectivity index (χ1n) is 5.77. The Balaban J connectivity index is 2.41. The molecule has 0 aliphatic carbocycles. The van der Waals surface area contributed by atoms with Crippen LogP contribution in [-0.4, -0.2) is 16.1 Å². The summed E-state index contributed by atoms with van der Waals surface area (Å²) in [4.78, 5) is 0. The summed E-state index contributed by atoms with van der Waals surface area (Å²) < 4.78 is 2.24. The normalized spacial score (nSPS) is 13.0. The molecule has 0 saturated carbocycles. The fraction of sp³-hybridized carbons (Fsp3) is 0.667. The molecule has 2 N–H and O–H groups in total. The van der Waals surface area contributed by atoms with Crippen molar-refractivity contribution in [1.82, 2.24) is 4.57 Å². The average Bonchev–Trinajstić information content (AvgIpc) is 2.67. The summed E-state index contributed by atoms with van der Waals surface area (Å²) in [6, 6.07) is 2.37. The van der Waals surface area contributed by atoms with E-state index < -0.39 is 0 Å². The molecule has 0 saturated heterocycles. The summed E-state index contributed by atoms with van der Waals surface area (Å²) >= 11 is 1.98. The lowest BCUT2D eigenvalue weighted by Crippen LogP contribution is -2.08. The molecule has 1 unspecified atom stereocenters. The van der Waals surface area contributed by atoms with E-state index in [4.69, 9.17) is 5.73 Å². The van der Waals surface area contributed by atoms with Crippen molar-refractivity contribution in [1.29, 1.82) is 0 Å². The molecule has 0 fully saturated rings. The Morgan fingerprint density at radius 2 is 2.27 bits per heavy atom. The van der Waals surface area contributed by atoms with Crippen LogP contribution in [0.4, 0.5) is 0 Å². The fourth-order valence-electron chi connectivity index (χ4n) is 1.61. The summed E-state index contributed by atoms with van der Waals surface area (Å²) in [5, 5.41) is 0. The first-order chi connectivity index (χ1) is 7.27. The monoisotopic (exact) mass is 226 g/mol. The third-order valence-electron chi connectivity index (χ3n) is 2.50. The molecule has 0 radical (unpaired) electrons. The Labute approximate surface area is 97.2 Å². The molecular weight excluding hydrogens is 204 g/mol. The van der Waals surface area contributed by atoms with Crippen molar-refractivity contribution >= 4 is 11.8 Å². The van der Waals surface area contributed by atoms with E-state index in [9.17, 15) is 0 Å². The lowest BCUT2D eigenvalue weighted by Gasteiger charge is -2.07. The van der Waals surface area contributed by atoms with E-state index in [0.717, 1.165) is 19.4 Å². The van der Waals surface area contributed by atoms with Crippen LogP contribution in [0.25, 0.3) is 0 Å². The SMILES string of the molecule is CCCC(N)c1ccn(CCSCC)c1. The van der Waals surface area contributed by atoms with Gasteiger partial charge in [-0.2, -0.15) is 11.8 Å². The van der Waals surface area contributed by atoms with Crippen LogP contribution in [0.2, 0.25) is 0 Å². The second-order valence-corrected chi connectivity index (χ2v) is 5.17. The summed E-state index contributed by atoms with van der Waals surface area (Å²) in [5.74, 6) is 2.39. The minimum atomic E-state index is 0.218. The van der Waals surface area contributed by atoms with Gasteiger partial charge in [0, 0.05) is 30.7 Å². The highest BCUT2D eigenvalue weighted by Gasteiger charge is 2.05. The molecule has 15 heavy (non-hydrogen) atoms. The highest BCUT2D eigenvalue weighted by Crippen LogP contribution is 2.16. The molecule has 3 heteroatoms. The molecule has 0 amide bonds. The van der Waals surface area contributed by atoms with Crippen LogP contribution in [0.3, 0.4) is 0 Å². The van der Waals surface area contributed by atoms with Crippen LogP contribution in [-0.2, 0) is 6.54 Å². The number of nitrogens with two attached hydrogens (primary N) is 1. The van der Waals surface area contributed by atoms with Gasteiger partial charge in [0.1, 0.15) is 0 Å². The predicted molar refractivity (Wildman–Crippen MR) is 69.3 cm³/mol. The maximum atomic E-state index is 6.06. The van der Waals surface area contributed by atoms with Crippen molar-refractivity contribution in [3.8, 4) is 0 Å². The quantitative estimate of drug-likeness (QED) is 0.724. The van der Waals surface area contributed by atoms with E-state index in [1.807, 2.05) is 11.8 Å². The molecule has 1 aromatic heterocycles. The van der Waals surface area contributed by atoms with Crippen molar-refractivity contribution < 1.29 is 0 Å². The third kappa shape index (κ3) is 4.31. The number of hydrogen-bond acceptors (Lipinski definition) is 2. The van der Waals surface area contributed by atoms with Gasteiger partial charge in [0.2, 0.25) is 0 Å². The maximum Gasteiger partial charge on any atom is 0.0310 e. The van der Waals surface area contributed by atoms with E-state index in [-0.39, 0.29) is 6.04 Å². The molecule has 2 nitrogen and oxygen atoms in total. The zero-order valence-electron chi connectivity index (χ0n) is 9.78.